The van der Waals surface area contributed by atoms with Crippen molar-refractivity contribution >= 4 is 11.6 Å². The molecule has 0 aliphatic heterocycles. The Labute approximate surface area is 133 Å². The molecule has 0 saturated heterocycles. The number of esters is 1. The molecule has 0 spiro atoms. The van der Waals surface area contributed by atoms with E-state index in [2.05, 4.69) is 4.98 Å². The third-order valence-corrected chi connectivity index (χ3v) is 3.37. The molecule has 0 atom stereocenters. The van der Waals surface area contributed by atoms with Crippen molar-refractivity contribution in [3.8, 4) is 11.5 Å². The largest absolute Gasteiger partial charge is 0.497 e. The van der Waals surface area contributed by atoms with Crippen LogP contribution in [0.5, 0.6) is 11.5 Å². The SMILES string of the molecule is COC(=O)c1ccc2nc(COc3ccc(OC)cc3)cn2c1. The first-order valence-electron chi connectivity index (χ1n) is 7.02. The Morgan fingerprint density at radius 2 is 1.78 bits per heavy atom. The van der Waals surface area contributed by atoms with E-state index in [-0.39, 0.29) is 5.97 Å². The molecule has 1 aromatic carbocycles. The average Bonchev–Trinajstić information content (AvgIpc) is 3.01. The molecule has 2 aromatic heterocycles. The van der Waals surface area contributed by atoms with Gasteiger partial charge in [-0.15, -0.1) is 0 Å². The Bertz CT molecular complexity index is 824. The van der Waals surface area contributed by atoms with Crippen molar-refractivity contribution in [2.45, 2.75) is 6.61 Å². The van der Waals surface area contributed by atoms with Crippen LogP contribution in [-0.2, 0) is 11.3 Å². The van der Waals surface area contributed by atoms with E-state index < -0.39 is 0 Å². The van der Waals surface area contributed by atoms with Gasteiger partial charge in [0.2, 0.25) is 0 Å². The summed E-state index contributed by atoms with van der Waals surface area (Å²) >= 11 is 0. The zero-order valence-electron chi connectivity index (χ0n) is 12.9. The van der Waals surface area contributed by atoms with Crippen LogP contribution in [0.2, 0.25) is 0 Å². The van der Waals surface area contributed by atoms with Crippen molar-refractivity contribution in [1.82, 2.24) is 9.38 Å². The van der Waals surface area contributed by atoms with Crippen LogP contribution < -0.4 is 9.47 Å². The van der Waals surface area contributed by atoms with Gasteiger partial charge in [0.1, 0.15) is 23.8 Å². The number of carbonyl (C=O) groups is 1. The first kappa shape index (κ1) is 14.9. The maximum atomic E-state index is 11.5. The number of benzene rings is 1. The predicted octanol–water partition coefficient (Wildman–Crippen LogP) is 2.71. The summed E-state index contributed by atoms with van der Waals surface area (Å²) in [6.45, 7) is 0.335. The van der Waals surface area contributed by atoms with Crippen molar-refractivity contribution in [1.29, 1.82) is 0 Å². The number of hydrogen-bond acceptors (Lipinski definition) is 5. The fourth-order valence-electron chi connectivity index (χ4n) is 2.18. The lowest BCUT2D eigenvalue weighted by atomic mass is 10.3. The maximum absolute atomic E-state index is 11.5. The van der Waals surface area contributed by atoms with E-state index in [0.717, 1.165) is 22.8 Å². The second kappa shape index (κ2) is 6.39. The molecule has 0 unspecified atom stereocenters. The molecule has 0 bridgehead atoms. The van der Waals surface area contributed by atoms with Crippen molar-refractivity contribution in [3.05, 3.63) is 60.0 Å². The van der Waals surface area contributed by atoms with Crippen LogP contribution in [0.1, 0.15) is 16.1 Å². The third-order valence-electron chi connectivity index (χ3n) is 3.37. The zero-order valence-corrected chi connectivity index (χ0v) is 12.9. The van der Waals surface area contributed by atoms with E-state index in [9.17, 15) is 4.79 Å². The first-order chi connectivity index (χ1) is 11.2. The smallest absolute Gasteiger partial charge is 0.339 e. The number of methoxy groups -OCH3 is 2. The maximum Gasteiger partial charge on any atom is 0.339 e. The molecule has 2 heterocycles. The molecule has 0 fully saturated rings. The minimum Gasteiger partial charge on any atom is -0.497 e. The molecular formula is C17H16N2O4. The van der Waals surface area contributed by atoms with Gasteiger partial charge in [0.15, 0.2) is 0 Å². The number of aromatic nitrogens is 2. The van der Waals surface area contributed by atoms with E-state index >= 15 is 0 Å². The highest BCUT2D eigenvalue weighted by molar-refractivity contribution is 5.89. The lowest BCUT2D eigenvalue weighted by Gasteiger charge is -2.04. The van der Waals surface area contributed by atoms with Crippen molar-refractivity contribution in [2.24, 2.45) is 0 Å². The number of hydrogen-bond donors (Lipinski definition) is 0. The Hall–Kier alpha value is -3.02. The minimum atomic E-state index is -0.378. The summed E-state index contributed by atoms with van der Waals surface area (Å²) in [6, 6.07) is 10.8. The lowest BCUT2D eigenvalue weighted by Crippen LogP contribution is -2.02. The van der Waals surface area contributed by atoms with E-state index in [1.807, 2.05) is 30.5 Å². The third kappa shape index (κ3) is 3.26. The Morgan fingerprint density at radius 3 is 2.48 bits per heavy atom. The van der Waals surface area contributed by atoms with Crippen LogP contribution in [0.15, 0.2) is 48.8 Å². The molecule has 6 nitrogen and oxygen atoms in total. The molecule has 0 aliphatic rings. The standard InChI is InChI=1S/C17H16N2O4/c1-21-14-4-6-15(7-5-14)23-11-13-10-19-9-12(17(20)22-2)3-8-16(19)18-13/h3-10H,11H2,1-2H3. The van der Waals surface area contributed by atoms with Crippen LogP contribution in [0.4, 0.5) is 0 Å². The summed E-state index contributed by atoms with van der Waals surface area (Å²) in [6.07, 6.45) is 3.51. The van der Waals surface area contributed by atoms with Gasteiger partial charge in [0.25, 0.3) is 0 Å². The highest BCUT2D eigenvalue weighted by Crippen LogP contribution is 2.18. The number of fused-ring (bicyclic) bond motifs is 1. The van der Waals surface area contributed by atoms with Crippen LogP contribution in [0.25, 0.3) is 5.65 Å². The molecular weight excluding hydrogens is 296 g/mol. The number of nitrogens with zero attached hydrogens (tertiary/aromatic N) is 2. The van der Waals surface area contributed by atoms with Gasteiger partial charge in [0, 0.05) is 12.4 Å². The summed E-state index contributed by atoms with van der Waals surface area (Å²) in [4.78, 5) is 16.0. The molecule has 6 heteroatoms. The summed E-state index contributed by atoms with van der Waals surface area (Å²) in [5.74, 6) is 1.13. The first-order valence-corrected chi connectivity index (χ1v) is 7.02. The van der Waals surface area contributed by atoms with Gasteiger partial charge in [-0.2, -0.15) is 0 Å². The normalized spacial score (nSPS) is 10.5. The Morgan fingerprint density at radius 1 is 1.04 bits per heavy atom. The zero-order chi connectivity index (χ0) is 16.2. The molecule has 0 saturated carbocycles. The second-order valence-corrected chi connectivity index (χ2v) is 4.87. The minimum absolute atomic E-state index is 0.335. The van der Waals surface area contributed by atoms with E-state index in [0.29, 0.717) is 12.2 Å². The monoisotopic (exact) mass is 312 g/mol. The molecule has 0 amide bonds. The molecule has 3 aromatic rings. The van der Waals surface area contributed by atoms with Gasteiger partial charge in [-0.3, -0.25) is 0 Å². The van der Waals surface area contributed by atoms with Crippen LogP contribution in [0.3, 0.4) is 0 Å². The lowest BCUT2D eigenvalue weighted by molar-refractivity contribution is 0.0600. The van der Waals surface area contributed by atoms with Crippen LogP contribution in [0, 0.1) is 0 Å². The molecule has 3 rings (SSSR count). The number of rotatable bonds is 5. The van der Waals surface area contributed by atoms with Gasteiger partial charge in [-0.05, 0) is 36.4 Å². The van der Waals surface area contributed by atoms with Crippen molar-refractivity contribution in [2.75, 3.05) is 14.2 Å². The highest BCUT2D eigenvalue weighted by Gasteiger charge is 2.08. The van der Waals surface area contributed by atoms with Gasteiger partial charge >= 0.3 is 5.97 Å². The van der Waals surface area contributed by atoms with E-state index in [1.54, 1.807) is 29.8 Å². The van der Waals surface area contributed by atoms with Crippen LogP contribution >= 0.6 is 0 Å². The summed E-state index contributed by atoms with van der Waals surface area (Å²) in [7, 11) is 2.98. The van der Waals surface area contributed by atoms with E-state index in [4.69, 9.17) is 14.2 Å². The van der Waals surface area contributed by atoms with Gasteiger partial charge in [0.05, 0.1) is 25.5 Å². The molecule has 0 radical (unpaired) electrons. The fraction of sp³-hybridized carbons (Fsp3) is 0.176. The molecule has 0 aliphatic carbocycles. The predicted molar refractivity (Wildman–Crippen MR) is 83.9 cm³/mol. The van der Waals surface area contributed by atoms with Gasteiger partial charge in [-0.1, -0.05) is 0 Å². The topological polar surface area (TPSA) is 62.1 Å². The number of imidazole rings is 1. The number of ether oxygens (including phenoxy) is 3. The van der Waals surface area contributed by atoms with Crippen LogP contribution in [-0.4, -0.2) is 29.6 Å². The molecule has 0 N–H and O–H groups in total. The van der Waals surface area contributed by atoms with Crippen molar-refractivity contribution in [3.63, 3.8) is 0 Å². The van der Waals surface area contributed by atoms with E-state index in [1.165, 1.54) is 7.11 Å². The summed E-state index contributed by atoms with van der Waals surface area (Å²) in [5.41, 5.74) is 1.98. The highest BCUT2D eigenvalue weighted by atomic mass is 16.5. The Kier molecular flexibility index (Phi) is 4.14. The van der Waals surface area contributed by atoms with Gasteiger partial charge < -0.3 is 18.6 Å². The average molecular weight is 312 g/mol. The fourth-order valence-corrected chi connectivity index (χ4v) is 2.18. The summed E-state index contributed by atoms with van der Waals surface area (Å²) in [5, 5.41) is 0. The molecule has 23 heavy (non-hydrogen) atoms. The second-order valence-electron chi connectivity index (χ2n) is 4.87. The molecule has 118 valence electrons. The Balaban J connectivity index is 1.73. The quantitative estimate of drug-likeness (QED) is 0.678. The number of carbonyl (C=O) groups excluding carboxylic acids is 1. The summed E-state index contributed by atoms with van der Waals surface area (Å²) < 4.78 is 17.3. The van der Waals surface area contributed by atoms with Crippen molar-refractivity contribution < 1.29 is 19.0 Å². The number of pyridine rings is 1. The van der Waals surface area contributed by atoms with Gasteiger partial charge in [-0.25, -0.2) is 9.78 Å².